The fourth-order valence-electron chi connectivity index (χ4n) is 5.56. The lowest BCUT2D eigenvalue weighted by atomic mass is 9.98. The lowest BCUT2D eigenvalue weighted by Gasteiger charge is -2.30. The number of carbonyl (C=O) groups is 2. The maximum absolute atomic E-state index is 13.7. The standard InChI is InChI=1S/C34H33N5O5S/c1-3-44-34(41)25-17-19-37(20-18-25)45(42,43)30-16-10-11-26(21-30)32-27(23-38(36-32)28-12-6-4-7-13-28)22-31-24(2)35-39(33(31)40)29-14-8-5-9-15-29/h4-16,21-23,25H,3,17-20H2,1-2H3. The van der Waals surface area contributed by atoms with Crippen LogP contribution in [0.15, 0.2) is 107 Å². The zero-order valence-corrected chi connectivity index (χ0v) is 25.9. The van der Waals surface area contributed by atoms with Crippen molar-refractivity contribution in [3.8, 4) is 16.9 Å². The first-order valence-corrected chi connectivity index (χ1v) is 16.3. The van der Waals surface area contributed by atoms with Crippen molar-refractivity contribution < 1.29 is 22.7 Å². The third-order valence-electron chi connectivity index (χ3n) is 7.95. The first kappa shape index (κ1) is 30.2. The fourth-order valence-corrected chi connectivity index (χ4v) is 7.08. The van der Waals surface area contributed by atoms with Crippen LogP contribution in [0.3, 0.4) is 0 Å². The van der Waals surface area contributed by atoms with Gasteiger partial charge in [-0.2, -0.15) is 19.5 Å². The summed E-state index contributed by atoms with van der Waals surface area (Å²) in [5.41, 5.74) is 4.18. The first-order valence-electron chi connectivity index (χ1n) is 14.9. The van der Waals surface area contributed by atoms with E-state index in [1.807, 2.05) is 66.9 Å². The van der Waals surface area contributed by atoms with Gasteiger partial charge < -0.3 is 4.74 Å². The molecular weight excluding hydrogens is 590 g/mol. The number of hydrogen-bond donors (Lipinski definition) is 0. The lowest BCUT2D eigenvalue weighted by molar-refractivity contribution is -0.149. The van der Waals surface area contributed by atoms with Crippen LogP contribution in [0.1, 0.15) is 32.3 Å². The Labute approximate surface area is 262 Å². The molecule has 0 N–H and O–H groups in total. The Morgan fingerprint density at radius 2 is 1.62 bits per heavy atom. The summed E-state index contributed by atoms with van der Waals surface area (Å²) in [7, 11) is -3.84. The number of hydrazone groups is 1. The van der Waals surface area contributed by atoms with Gasteiger partial charge in [-0.15, -0.1) is 0 Å². The molecule has 1 saturated heterocycles. The molecule has 3 aromatic carbocycles. The predicted octanol–water partition coefficient (Wildman–Crippen LogP) is 5.31. The van der Waals surface area contributed by atoms with Gasteiger partial charge >= 0.3 is 5.97 Å². The highest BCUT2D eigenvalue weighted by molar-refractivity contribution is 7.89. The number of para-hydroxylation sites is 2. The maximum Gasteiger partial charge on any atom is 0.309 e. The summed E-state index contributed by atoms with van der Waals surface area (Å²) in [4.78, 5) is 25.8. The second-order valence-electron chi connectivity index (χ2n) is 10.9. The van der Waals surface area contributed by atoms with Crippen molar-refractivity contribution in [3.63, 3.8) is 0 Å². The number of anilines is 1. The van der Waals surface area contributed by atoms with E-state index in [4.69, 9.17) is 9.84 Å². The van der Waals surface area contributed by atoms with Crippen molar-refractivity contribution in [1.82, 2.24) is 14.1 Å². The van der Waals surface area contributed by atoms with Gasteiger partial charge in [-0.05, 0) is 69.2 Å². The molecule has 0 aliphatic carbocycles. The van der Waals surface area contributed by atoms with E-state index in [0.717, 1.165) is 5.69 Å². The Kier molecular flexibility index (Phi) is 8.46. The number of hydrogen-bond acceptors (Lipinski definition) is 7. The summed E-state index contributed by atoms with van der Waals surface area (Å²) >= 11 is 0. The molecule has 230 valence electrons. The molecule has 0 atom stereocenters. The minimum atomic E-state index is -3.84. The van der Waals surface area contributed by atoms with Gasteiger partial charge in [0.25, 0.3) is 5.91 Å². The molecule has 11 heteroatoms. The number of benzene rings is 3. The van der Waals surface area contributed by atoms with Crippen molar-refractivity contribution in [2.24, 2.45) is 11.0 Å². The zero-order valence-electron chi connectivity index (χ0n) is 25.0. The number of esters is 1. The Balaban J connectivity index is 1.35. The molecule has 45 heavy (non-hydrogen) atoms. The van der Waals surface area contributed by atoms with E-state index in [1.165, 1.54) is 9.31 Å². The normalized spacial score (nSPS) is 17.1. The van der Waals surface area contributed by atoms with Crippen LogP contribution in [0.5, 0.6) is 0 Å². The Morgan fingerprint density at radius 1 is 0.956 bits per heavy atom. The molecule has 2 aliphatic heterocycles. The van der Waals surface area contributed by atoms with Crippen LogP contribution in [0.25, 0.3) is 23.0 Å². The van der Waals surface area contributed by atoms with Crippen LogP contribution in [-0.2, 0) is 24.3 Å². The highest BCUT2D eigenvalue weighted by Crippen LogP contribution is 2.32. The largest absolute Gasteiger partial charge is 0.466 e. The number of aromatic nitrogens is 2. The Bertz CT molecular complexity index is 1890. The predicted molar refractivity (Wildman–Crippen MR) is 172 cm³/mol. The molecule has 2 aliphatic rings. The van der Waals surface area contributed by atoms with Crippen molar-refractivity contribution in [2.75, 3.05) is 24.7 Å². The summed E-state index contributed by atoms with van der Waals surface area (Å²) in [5, 5.41) is 10.7. The topological polar surface area (TPSA) is 114 Å². The van der Waals surface area contributed by atoms with Crippen LogP contribution < -0.4 is 5.01 Å². The van der Waals surface area contributed by atoms with E-state index < -0.39 is 10.0 Å². The van der Waals surface area contributed by atoms with Crippen molar-refractivity contribution >= 4 is 39.4 Å². The molecular formula is C34H33N5O5S. The number of piperidine rings is 1. The average Bonchev–Trinajstić information content (AvgIpc) is 3.62. The first-order chi connectivity index (χ1) is 21.8. The monoisotopic (exact) mass is 623 g/mol. The summed E-state index contributed by atoms with van der Waals surface area (Å²) < 4.78 is 35.7. The molecule has 6 rings (SSSR count). The number of amides is 1. The van der Waals surface area contributed by atoms with Crippen LogP contribution in [0, 0.1) is 5.92 Å². The van der Waals surface area contributed by atoms with Gasteiger partial charge in [0.05, 0.1) is 40.1 Å². The summed E-state index contributed by atoms with van der Waals surface area (Å²) in [5.74, 6) is -0.844. The number of sulfonamides is 1. The van der Waals surface area contributed by atoms with Gasteiger partial charge in [-0.1, -0.05) is 48.5 Å². The van der Waals surface area contributed by atoms with Crippen molar-refractivity contribution in [1.29, 1.82) is 0 Å². The van der Waals surface area contributed by atoms with E-state index in [0.29, 0.717) is 53.2 Å². The van der Waals surface area contributed by atoms with Gasteiger partial charge in [0, 0.05) is 30.4 Å². The summed E-state index contributed by atoms with van der Waals surface area (Å²) in [6.45, 7) is 4.30. The highest BCUT2D eigenvalue weighted by atomic mass is 32.2. The molecule has 0 saturated carbocycles. The maximum atomic E-state index is 13.7. The molecule has 0 radical (unpaired) electrons. The smallest absolute Gasteiger partial charge is 0.309 e. The molecule has 1 amide bonds. The second kappa shape index (κ2) is 12.6. The van der Waals surface area contributed by atoms with Gasteiger partial charge in [0.15, 0.2) is 0 Å². The van der Waals surface area contributed by atoms with Crippen molar-refractivity contribution in [3.05, 3.63) is 102 Å². The summed E-state index contributed by atoms with van der Waals surface area (Å²) in [6, 6.07) is 25.4. The quantitative estimate of drug-likeness (QED) is 0.194. The molecule has 3 heterocycles. The van der Waals surface area contributed by atoms with Gasteiger partial charge in [0.2, 0.25) is 10.0 Å². The van der Waals surface area contributed by atoms with Gasteiger partial charge in [-0.3, -0.25) is 9.59 Å². The second-order valence-corrected chi connectivity index (χ2v) is 12.8. The van der Waals surface area contributed by atoms with Crippen molar-refractivity contribution in [2.45, 2.75) is 31.6 Å². The minimum absolute atomic E-state index is 0.132. The van der Waals surface area contributed by atoms with E-state index in [2.05, 4.69) is 5.10 Å². The fraction of sp³-hybridized carbons (Fsp3) is 0.235. The van der Waals surface area contributed by atoms with Crippen LogP contribution in [0.4, 0.5) is 5.69 Å². The number of nitrogens with zero attached hydrogens (tertiary/aromatic N) is 5. The Hall–Kier alpha value is -4.87. The summed E-state index contributed by atoms with van der Waals surface area (Å²) in [6.07, 6.45) is 4.40. The van der Waals surface area contributed by atoms with Gasteiger partial charge in [-0.25, -0.2) is 13.1 Å². The Morgan fingerprint density at radius 3 is 2.29 bits per heavy atom. The number of ether oxygens (including phenoxy) is 1. The van der Waals surface area contributed by atoms with E-state index in [9.17, 15) is 18.0 Å². The zero-order chi connectivity index (χ0) is 31.6. The molecule has 1 aromatic heterocycles. The molecule has 1 fully saturated rings. The van der Waals surface area contributed by atoms with Crippen LogP contribution in [0.2, 0.25) is 0 Å². The molecule has 0 spiro atoms. The number of carbonyl (C=O) groups excluding carboxylic acids is 2. The molecule has 10 nitrogen and oxygen atoms in total. The van der Waals surface area contributed by atoms with E-state index >= 15 is 0 Å². The van der Waals surface area contributed by atoms with Crippen LogP contribution in [-0.4, -0.2) is 59.8 Å². The third kappa shape index (κ3) is 6.09. The molecule has 4 aromatic rings. The molecule has 0 unspecified atom stereocenters. The van der Waals surface area contributed by atoms with Crippen LogP contribution >= 0.6 is 0 Å². The highest BCUT2D eigenvalue weighted by Gasteiger charge is 2.33. The van der Waals surface area contributed by atoms with Gasteiger partial charge in [0.1, 0.15) is 5.69 Å². The minimum Gasteiger partial charge on any atom is -0.466 e. The van der Waals surface area contributed by atoms with E-state index in [-0.39, 0.29) is 35.8 Å². The lowest BCUT2D eigenvalue weighted by Crippen LogP contribution is -2.40. The van der Waals surface area contributed by atoms with E-state index in [1.54, 1.807) is 48.9 Å². The number of rotatable bonds is 8. The average molecular weight is 624 g/mol. The SMILES string of the molecule is CCOC(=O)C1CCN(S(=O)(=O)c2cccc(-c3nn(-c4ccccc4)cc3C=C3C(=O)N(c4ccccc4)N=C3C)c2)CC1. The third-order valence-corrected chi connectivity index (χ3v) is 9.84. The molecule has 0 bridgehead atoms.